The molecule has 6 heteroatoms. The van der Waals surface area contributed by atoms with Gasteiger partial charge in [-0.2, -0.15) is 0 Å². The molecule has 6 nitrogen and oxygen atoms in total. The lowest BCUT2D eigenvalue weighted by atomic mass is 10.1. The topological polar surface area (TPSA) is 78.0 Å². The van der Waals surface area contributed by atoms with Gasteiger partial charge in [-0.05, 0) is 17.7 Å². The van der Waals surface area contributed by atoms with Crippen molar-refractivity contribution in [1.82, 2.24) is 9.55 Å². The minimum Gasteiger partial charge on any atom is -0.334 e. The van der Waals surface area contributed by atoms with Crippen LogP contribution in [0.4, 0.5) is 5.69 Å². The number of fused-ring (bicyclic) bond motifs is 3. The second kappa shape index (κ2) is 7.50. The highest BCUT2D eigenvalue weighted by atomic mass is 16.6. The lowest BCUT2D eigenvalue weighted by molar-refractivity contribution is -0.384. The number of non-ortho nitro benzene ring substituents is 1. The second-order valence-corrected chi connectivity index (χ2v) is 7.28. The van der Waals surface area contributed by atoms with Gasteiger partial charge >= 0.3 is 0 Å². The Kier molecular flexibility index (Phi) is 4.52. The minimum atomic E-state index is -0.412. The third-order valence-corrected chi connectivity index (χ3v) is 5.42. The molecule has 2 heterocycles. The first-order chi connectivity index (χ1) is 15.1. The van der Waals surface area contributed by atoms with Gasteiger partial charge in [0.05, 0.1) is 10.4 Å². The van der Waals surface area contributed by atoms with E-state index >= 15 is 0 Å². The summed E-state index contributed by atoms with van der Waals surface area (Å²) in [6, 6.07) is 25.5. The first-order valence-electron chi connectivity index (χ1n) is 9.82. The predicted molar refractivity (Wildman–Crippen MR) is 119 cm³/mol. The number of carbonyl (C=O) groups excluding carboxylic acids is 1. The fraction of sp³-hybridized carbons (Fsp3) is 0.0400. The van der Waals surface area contributed by atoms with Crippen LogP contribution in [0.1, 0.15) is 21.6 Å². The van der Waals surface area contributed by atoms with Gasteiger partial charge in [0.2, 0.25) is 5.78 Å². The summed E-state index contributed by atoms with van der Waals surface area (Å²) < 4.78 is 2.06. The number of carbonyl (C=O) groups is 1. The summed E-state index contributed by atoms with van der Waals surface area (Å²) >= 11 is 0. The number of nitro groups is 1. The van der Waals surface area contributed by atoms with Crippen molar-refractivity contribution in [3.8, 4) is 0 Å². The highest BCUT2D eigenvalue weighted by Crippen LogP contribution is 2.32. The van der Waals surface area contributed by atoms with Crippen LogP contribution in [0.3, 0.4) is 0 Å². The summed E-state index contributed by atoms with van der Waals surface area (Å²) in [5.41, 5.74) is 3.65. The van der Waals surface area contributed by atoms with Gasteiger partial charge in [0.25, 0.3) is 5.69 Å². The van der Waals surface area contributed by atoms with E-state index in [1.807, 2.05) is 48.5 Å². The summed E-state index contributed by atoms with van der Waals surface area (Å²) in [5, 5.41) is 13.0. The first-order valence-corrected chi connectivity index (χ1v) is 9.82. The molecule has 0 saturated carbocycles. The molecule has 0 radical (unpaired) electrons. The van der Waals surface area contributed by atoms with Gasteiger partial charge in [-0.15, -0.1) is 0 Å². The standard InChI is InChI=1S/C25H17N3O3/c29-25(18-6-2-1-3-7-18)23-24-21(14-15-26-23)20-8-4-5-9-22(20)27(24)16-17-10-12-19(13-11-17)28(30)31/h1-15H,16H2. The number of pyridine rings is 1. The molecule has 5 rings (SSSR count). The normalized spacial score (nSPS) is 11.1. The first kappa shape index (κ1) is 18.7. The molecule has 0 amide bonds. The molecule has 0 fully saturated rings. The maximum atomic E-state index is 13.3. The summed E-state index contributed by atoms with van der Waals surface area (Å²) in [7, 11) is 0. The number of rotatable bonds is 5. The van der Waals surface area contributed by atoms with E-state index in [4.69, 9.17) is 0 Å². The molecule has 0 spiro atoms. The van der Waals surface area contributed by atoms with Crippen molar-refractivity contribution >= 4 is 33.3 Å². The molecule has 150 valence electrons. The molecule has 2 aromatic heterocycles. The molecular weight excluding hydrogens is 390 g/mol. The van der Waals surface area contributed by atoms with Crippen LogP contribution in [0.25, 0.3) is 21.8 Å². The van der Waals surface area contributed by atoms with E-state index in [0.717, 1.165) is 27.4 Å². The zero-order chi connectivity index (χ0) is 21.4. The number of para-hydroxylation sites is 1. The SMILES string of the molecule is O=C(c1ccccc1)c1nccc2c3ccccc3n(Cc3ccc([N+](=O)[O-])cc3)c12. The number of hydrogen-bond acceptors (Lipinski definition) is 4. The Bertz CT molecular complexity index is 1440. The van der Waals surface area contributed by atoms with E-state index in [0.29, 0.717) is 17.8 Å². The van der Waals surface area contributed by atoms with Crippen LogP contribution in [0.5, 0.6) is 0 Å². The van der Waals surface area contributed by atoms with Crippen molar-refractivity contribution in [3.63, 3.8) is 0 Å². The van der Waals surface area contributed by atoms with Crippen molar-refractivity contribution < 1.29 is 9.72 Å². The van der Waals surface area contributed by atoms with Crippen LogP contribution in [0.2, 0.25) is 0 Å². The van der Waals surface area contributed by atoms with Crippen molar-refractivity contribution in [2.45, 2.75) is 6.54 Å². The zero-order valence-electron chi connectivity index (χ0n) is 16.4. The zero-order valence-corrected chi connectivity index (χ0v) is 16.4. The van der Waals surface area contributed by atoms with Gasteiger partial charge in [0.15, 0.2) is 0 Å². The highest BCUT2D eigenvalue weighted by Gasteiger charge is 2.20. The van der Waals surface area contributed by atoms with Gasteiger partial charge in [-0.25, -0.2) is 0 Å². The lowest BCUT2D eigenvalue weighted by Crippen LogP contribution is -2.08. The smallest absolute Gasteiger partial charge is 0.269 e. The summed E-state index contributed by atoms with van der Waals surface area (Å²) in [4.78, 5) is 28.3. The third kappa shape index (κ3) is 3.24. The van der Waals surface area contributed by atoms with E-state index in [1.54, 1.807) is 30.5 Å². The Balaban J connectivity index is 1.72. The highest BCUT2D eigenvalue weighted by molar-refractivity contribution is 6.19. The van der Waals surface area contributed by atoms with Gasteiger partial charge in [0.1, 0.15) is 5.69 Å². The molecular formula is C25H17N3O3. The fourth-order valence-corrected chi connectivity index (χ4v) is 3.96. The Morgan fingerprint density at radius 2 is 1.58 bits per heavy atom. The largest absolute Gasteiger partial charge is 0.334 e. The number of ketones is 1. The lowest BCUT2D eigenvalue weighted by Gasteiger charge is -2.10. The average molecular weight is 407 g/mol. The quantitative estimate of drug-likeness (QED) is 0.223. The van der Waals surface area contributed by atoms with Crippen LogP contribution >= 0.6 is 0 Å². The van der Waals surface area contributed by atoms with Crippen molar-refractivity contribution in [1.29, 1.82) is 0 Å². The predicted octanol–water partition coefficient (Wildman–Crippen LogP) is 5.38. The van der Waals surface area contributed by atoms with Crippen molar-refractivity contribution in [2.75, 3.05) is 0 Å². The Labute approximate surface area is 177 Å². The molecule has 0 saturated heterocycles. The van der Waals surface area contributed by atoms with E-state index in [9.17, 15) is 14.9 Å². The molecule has 31 heavy (non-hydrogen) atoms. The van der Waals surface area contributed by atoms with Crippen LogP contribution in [-0.4, -0.2) is 20.3 Å². The van der Waals surface area contributed by atoms with Gasteiger partial charge in [0, 0.05) is 46.7 Å². The van der Waals surface area contributed by atoms with Crippen LogP contribution < -0.4 is 0 Å². The Hall–Kier alpha value is -4.32. The molecule has 0 aliphatic carbocycles. The van der Waals surface area contributed by atoms with E-state index < -0.39 is 4.92 Å². The molecule has 0 aliphatic rings. The van der Waals surface area contributed by atoms with Crippen molar-refractivity contribution in [3.05, 3.63) is 118 Å². The van der Waals surface area contributed by atoms with Gasteiger partial charge < -0.3 is 4.57 Å². The molecule has 5 aromatic rings. The number of benzene rings is 3. The van der Waals surface area contributed by atoms with Crippen LogP contribution in [0.15, 0.2) is 91.1 Å². The molecule has 0 bridgehead atoms. The Morgan fingerprint density at radius 3 is 2.32 bits per heavy atom. The summed E-state index contributed by atoms with van der Waals surface area (Å²) in [6.07, 6.45) is 1.67. The fourth-order valence-electron chi connectivity index (χ4n) is 3.96. The maximum Gasteiger partial charge on any atom is 0.269 e. The number of hydrogen-bond donors (Lipinski definition) is 0. The number of nitrogens with zero attached hydrogens (tertiary/aromatic N) is 3. The monoisotopic (exact) mass is 407 g/mol. The van der Waals surface area contributed by atoms with Gasteiger partial charge in [-0.1, -0.05) is 60.7 Å². The van der Waals surface area contributed by atoms with Crippen molar-refractivity contribution in [2.24, 2.45) is 0 Å². The van der Waals surface area contributed by atoms with E-state index in [1.165, 1.54) is 12.1 Å². The number of aromatic nitrogens is 2. The molecule has 0 N–H and O–H groups in total. The van der Waals surface area contributed by atoms with Crippen LogP contribution in [0, 0.1) is 10.1 Å². The summed E-state index contributed by atoms with van der Waals surface area (Å²) in [6.45, 7) is 0.461. The molecule has 3 aromatic carbocycles. The van der Waals surface area contributed by atoms with Crippen LogP contribution in [-0.2, 0) is 6.54 Å². The third-order valence-electron chi connectivity index (χ3n) is 5.42. The second-order valence-electron chi connectivity index (χ2n) is 7.28. The number of nitro benzene ring substituents is 1. The molecule has 0 aliphatic heterocycles. The molecule has 0 atom stereocenters. The summed E-state index contributed by atoms with van der Waals surface area (Å²) in [5.74, 6) is -0.140. The Morgan fingerprint density at radius 1 is 0.871 bits per heavy atom. The van der Waals surface area contributed by atoms with E-state index in [2.05, 4.69) is 9.55 Å². The van der Waals surface area contributed by atoms with E-state index in [-0.39, 0.29) is 11.5 Å². The molecule has 0 unspecified atom stereocenters. The maximum absolute atomic E-state index is 13.3. The van der Waals surface area contributed by atoms with Gasteiger partial charge in [-0.3, -0.25) is 19.9 Å². The minimum absolute atomic E-state index is 0.0487. The average Bonchev–Trinajstić information content (AvgIpc) is 3.13.